The van der Waals surface area contributed by atoms with E-state index in [9.17, 15) is 4.79 Å². The summed E-state index contributed by atoms with van der Waals surface area (Å²) in [7, 11) is 0. The molecule has 7 heteroatoms. The monoisotopic (exact) mass is 447 g/mol. The van der Waals surface area contributed by atoms with Crippen LogP contribution in [0.4, 0.5) is 16.3 Å². The van der Waals surface area contributed by atoms with Crippen molar-refractivity contribution >= 4 is 29.1 Å². The topological polar surface area (TPSA) is 61.4 Å². The van der Waals surface area contributed by atoms with Gasteiger partial charge in [0, 0.05) is 47.9 Å². The van der Waals surface area contributed by atoms with E-state index >= 15 is 0 Å². The smallest absolute Gasteiger partial charge is 0.322 e. The molecular weight excluding hydrogens is 422 g/mol. The molecule has 1 N–H and O–H groups in total. The number of carbonyl (C=O) groups is 1. The zero-order valence-corrected chi connectivity index (χ0v) is 18.9. The van der Waals surface area contributed by atoms with Crippen molar-refractivity contribution in [1.82, 2.24) is 14.9 Å². The van der Waals surface area contributed by atoms with Crippen LogP contribution in [0.15, 0.2) is 48.5 Å². The van der Waals surface area contributed by atoms with Crippen LogP contribution < -0.4 is 10.2 Å². The van der Waals surface area contributed by atoms with Gasteiger partial charge < -0.3 is 15.1 Å². The van der Waals surface area contributed by atoms with Crippen molar-refractivity contribution in [3.63, 3.8) is 0 Å². The Kier molecular flexibility index (Phi) is 5.70. The first-order valence-corrected chi connectivity index (χ1v) is 11.5. The van der Waals surface area contributed by atoms with Gasteiger partial charge in [0.25, 0.3) is 0 Å². The first kappa shape index (κ1) is 20.8. The fraction of sp³-hybridized carbons (Fsp3) is 0.320. The van der Waals surface area contributed by atoms with Crippen LogP contribution in [0.25, 0.3) is 11.4 Å². The van der Waals surface area contributed by atoms with Crippen molar-refractivity contribution in [2.24, 2.45) is 0 Å². The summed E-state index contributed by atoms with van der Waals surface area (Å²) in [5.74, 6) is 1.74. The van der Waals surface area contributed by atoms with E-state index in [1.807, 2.05) is 54.3 Å². The lowest BCUT2D eigenvalue weighted by Gasteiger charge is -2.32. The van der Waals surface area contributed by atoms with Gasteiger partial charge in [0.1, 0.15) is 5.82 Å². The van der Waals surface area contributed by atoms with Gasteiger partial charge in [0.15, 0.2) is 5.82 Å². The molecule has 164 valence electrons. The van der Waals surface area contributed by atoms with Crippen LogP contribution >= 0.6 is 11.6 Å². The standard InChI is InChI=1S/C25H26ClN5O/c1-17-9-10-19(15-21(17)26)27-25(32)31-14-11-22-20(16-31)24(30-12-5-6-13-30)29-23(28-22)18-7-3-2-4-8-18/h2-4,7-10,15H,5-6,11-14,16H2,1H3,(H,27,32). The number of nitrogens with zero attached hydrogens (tertiary/aromatic N) is 4. The molecular formula is C25H26ClN5O. The van der Waals surface area contributed by atoms with Gasteiger partial charge in [-0.05, 0) is 37.5 Å². The third-order valence-corrected chi connectivity index (χ3v) is 6.59. The number of amides is 2. The Morgan fingerprint density at radius 1 is 1.03 bits per heavy atom. The SMILES string of the molecule is Cc1ccc(NC(=O)N2CCc3nc(-c4ccccc4)nc(N4CCCC4)c3C2)cc1Cl. The molecule has 1 fully saturated rings. The normalized spacial score (nSPS) is 15.6. The maximum Gasteiger partial charge on any atom is 0.322 e. The van der Waals surface area contributed by atoms with Crippen LogP contribution in [-0.2, 0) is 13.0 Å². The Morgan fingerprint density at radius 2 is 1.81 bits per heavy atom. The number of nitrogens with one attached hydrogen (secondary N) is 1. The van der Waals surface area contributed by atoms with E-state index in [2.05, 4.69) is 10.2 Å². The fourth-order valence-corrected chi connectivity index (χ4v) is 4.53. The van der Waals surface area contributed by atoms with E-state index in [4.69, 9.17) is 21.6 Å². The number of anilines is 2. The molecule has 2 aliphatic heterocycles. The van der Waals surface area contributed by atoms with Crippen LogP contribution in [0.1, 0.15) is 29.7 Å². The molecule has 1 saturated heterocycles. The van der Waals surface area contributed by atoms with Crippen LogP contribution in [0.3, 0.4) is 0 Å². The number of hydrogen-bond acceptors (Lipinski definition) is 4. The van der Waals surface area contributed by atoms with Crippen LogP contribution in [0, 0.1) is 6.92 Å². The number of aryl methyl sites for hydroxylation is 1. The molecule has 2 amide bonds. The Hall–Kier alpha value is -3.12. The van der Waals surface area contributed by atoms with Gasteiger partial charge in [-0.1, -0.05) is 48.0 Å². The molecule has 2 aliphatic rings. The number of fused-ring (bicyclic) bond motifs is 1. The summed E-state index contributed by atoms with van der Waals surface area (Å²) in [5.41, 5.74) is 4.82. The summed E-state index contributed by atoms with van der Waals surface area (Å²) < 4.78 is 0. The number of halogens is 1. The number of rotatable bonds is 3. The van der Waals surface area contributed by atoms with Crippen molar-refractivity contribution in [2.45, 2.75) is 32.7 Å². The van der Waals surface area contributed by atoms with Gasteiger partial charge in [-0.2, -0.15) is 0 Å². The van der Waals surface area contributed by atoms with Gasteiger partial charge in [-0.25, -0.2) is 14.8 Å². The minimum Gasteiger partial charge on any atom is -0.356 e. The maximum absolute atomic E-state index is 13.0. The highest BCUT2D eigenvalue weighted by molar-refractivity contribution is 6.31. The molecule has 3 heterocycles. The van der Waals surface area contributed by atoms with Gasteiger partial charge in [0.05, 0.1) is 12.2 Å². The number of aromatic nitrogens is 2. The van der Waals surface area contributed by atoms with Gasteiger partial charge in [-0.15, -0.1) is 0 Å². The second-order valence-corrected chi connectivity index (χ2v) is 8.83. The second kappa shape index (κ2) is 8.79. The summed E-state index contributed by atoms with van der Waals surface area (Å²) in [4.78, 5) is 27.1. The average Bonchev–Trinajstić information content (AvgIpc) is 3.36. The molecule has 2 aromatic carbocycles. The number of urea groups is 1. The molecule has 6 nitrogen and oxygen atoms in total. The van der Waals surface area contributed by atoms with Crippen LogP contribution in [0.2, 0.25) is 5.02 Å². The van der Waals surface area contributed by atoms with Crippen molar-refractivity contribution in [3.8, 4) is 11.4 Å². The summed E-state index contributed by atoms with van der Waals surface area (Å²) in [5, 5.41) is 3.63. The Labute approximate surface area is 193 Å². The Balaban J connectivity index is 1.43. The highest BCUT2D eigenvalue weighted by atomic mass is 35.5. The van der Waals surface area contributed by atoms with E-state index < -0.39 is 0 Å². The zero-order valence-electron chi connectivity index (χ0n) is 18.1. The van der Waals surface area contributed by atoms with Crippen molar-refractivity contribution in [3.05, 3.63) is 70.4 Å². The number of carbonyl (C=O) groups excluding carboxylic acids is 1. The number of benzene rings is 2. The van der Waals surface area contributed by atoms with Crippen molar-refractivity contribution in [1.29, 1.82) is 0 Å². The number of hydrogen-bond donors (Lipinski definition) is 1. The van der Waals surface area contributed by atoms with E-state index in [0.29, 0.717) is 30.2 Å². The minimum atomic E-state index is -0.130. The van der Waals surface area contributed by atoms with E-state index in [0.717, 1.165) is 60.0 Å². The molecule has 0 bridgehead atoms. The first-order chi connectivity index (χ1) is 15.6. The van der Waals surface area contributed by atoms with Crippen LogP contribution in [-0.4, -0.2) is 40.5 Å². The lowest BCUT2D eigenvalue weighted by Crippen LogP contribution is -2.40. The summed E-state index contributed by atoms with van der Waals surface area (Å²) >= 11 is 6.22. The second-order valence-electron chi connectivity index (χ2n) is 8.42. The third kappa shape index (κ3) is 4.15. The van der Waals surface area contributed by atoms with Gasteiger partial charge in [0.2, 0.25) is 0 Å². The molecule has 1 aromatic heterocycles. The first-order valence-electron chi connectivity index (χ1n) is 11.1. The van der Waals surface area contributed by atoms with E-state index in [1.165, 1.54) is 0 Å². The van der Waals surface area contributed by atoms with E-state index in [1.54, 1.807) is 6.07 Å². The molecule has 0 atom stereocenters. The molecule has 3 aromatic rings. The lowest BCUT2D eigenvalue weighted by atomic mass is 10.0. The highest BCUT2D eigenvalue weighted by Gasteiger charge is 2.29. The largest absolute Gasteiger partial charge is 0.356 e. The fourth-order valence-electron chi connectivity index (χ4n) is 4.35. The molecule has 32 heavy (non-hydrogen) atoms. The minimum absolute atomic E-state index is 0.130. The summed E-state index contributed by atoms with van der Waals surface area (Å²) in [6.45, 7) is 5.04. The van der Waals surface area contributed by atoms with Crippen LogP contribution in [0.5, 0.6) is 0 Å². The third-order valence-electron chi connectivity index (χ3n) is 6.19. The van der Waals surface area contributed by atoms with Gasteiger partial charge in [-0.3, -0.25) is 0 Å². The molecule has 0 spiro atoms. The molecule has 0 radical (unpaired) electrons. The average molecular weight is 448 g/mol. The summed E-state index contributed by atoms with van der Waals surface area (Å²) in [6.07, 6.45) is 3.04. The highest BCUT2D eigenvalue weighted by Crippen LogP contribution is 2.32. The van der Waals surface area contributed by atoms with Gasteiger partial charge >= 0.3 is 6.03 Å². The Morgan fingerprint density at radius 3 is 2.56 bits per heavy atom. The quantitative estimate of drug-likeness (QED) is 0.592. The zero-order chi connectivity index (χ0) is 22.1. The van der Waals surface area contributed by atoms with E-state index in [-0.39, 0.29) is 6.03 Å². The molecule has 0 saturated carbocycles. The van der Waals surface area contributed by atoms with Crippen molar-refractivity contribution < 1.29 is 4.79 Å². The van der Waals surface area contributed by atoms with Crippen molar-refractivity contribution in [2.75, 3.05) is 29.9 Å². The molecule has 0 unspecified atom stereocenters. The molecule has 0 aliphatic carbocycles. The Bertz CT molecular complexity index is 1140. The molecule has 5 rings (SSSR count). The predicted octanol–water partition coefficient (Wildman–Crippen LogP) is 5.30. The predicted molar refractivity (Wildman–Crippen MR) is 128 cm³/mol. The lowest BCUT2D eigenvalue weighted by molar-refractivity contribution is 0.206. The summed E-state index contributed by atoms with van der Waals surface area (Å²) in [6, 6.07) is 15.6. The maximum atomic E-state index is 13.0.